The minimum absolute atomic E-state index is 0.543. The zero-order chi connectivity index (χ0) is 18.0. The topological polar surface area (TPSA) is 188 Å². The van der Waals surface area contributed by atoms with Gasteiger partial charge in [0.2, 0.25) is 6.04 Å². The molecule has 0 amide bonds. The van der Waals surface area contributed by atoms with Crippen molar-refractivity contribution >= 4 is 37.7 Å². The Labute approximate surface area is 130 Å². The van der Waals surface area contributed by atoms with Gasteiger partial charge in [-0.3, -0.25) is 13.9 Å². The van der Waals surface area contributed by atoms with Crippen molar-refractivity contribution in [2.24, 2.45) is 10.2 Å². The predicted octanol–water partition coefficient (Wildman–Crippen LogP) is 0.306. The number of carboxylic acid groups (broad SMARTS) is 1. The molecule has 0 aromatic heterocycles. The van der Waals surface area contributed by atoms with E-state index in [1.807, 2.05) is 0 Å². The molecule has 1 unspecified atom stereocenters. The number of azo groups is 1. The van der Waals surface area contributed by atoms with E-state index < -0.39 is 53.5 Å². The van der Waals surface area contributed by atoms with Gasteiger partial charge >= 0.3 is 5.97 Å². The second-order valence-corrected chi connectivity index (χ2v) is 6.96. The lowest BCUT2D eigenvalue weighted by Crippen LogP contribution is -2.25. The smallest absolute Gasteiger partial charge is 0.338 e. The lowest BCUT2D eigenvalue weighted by molar-refractivity contribution is -0.141. The Bertz CT molecular complexity index is 873. The van der Waals surface area contributed by atoms with E-state index in [0.29, 0.717) is 18.2 Å². The van der Waals surface area contributed by atoms with Gasteiger partial charge in [0.1, 0.15) is 10.6 Å². The maximum atomic E-state index is 11.2. The highest BCUT2D eigenvalue weighted by Crippen LogP contribution is 2.28. The molecule has 11 nitrogen and oxygen atoms in total. The van der Waals surface area contributed by atoms with Crippen LogP contribution in [0.3, 0.4) is 0 Å². The number of Topliss-reactive ketones (excluding diaryl/α,β-unsaturated/α-hetero) is 1. The summed E-state index contributed by atoms with van der Waals surface area (Å²) in [7, 11) is -9.57. The van der Waals surface area contributed by atoms with Crippen molar-refractivity contribution in [1.29, 1.82) is 0 Å². The van der Waals surface area contributed by atoms with E-state index >= 15 is 0 Å². The van der Waals surface area contributed by atoms with Gasteiger partial charge in [0, 0.05) is 0 Å². The summed E-state index contributed by atoms with van der Waals surface area (Å²) in [6, 6.07) is -0.104. The van der Waals surface area contributed by atoms with E-state index in [2.05, 4.69) is 10.2 Å². The normalized spacial score (nSPS) is 13.9. The first-order valence-corrected chi connectivity index (χ1v) is 8.45. The van der Waals surface area contributed by atoms with Gasteiger partial charge in [0.05, 0.1) is 4.90 Å². The quantitative estimate of drug-likeness (QED) is 0.361. The van der Waals surface area contributed by atoms with Gasteiger partial charge in [0.25, 0.3) is 20.2 Å². The minimum Gasteiger partial charge on any atom is -0.479 e. The summed E-state index contributed by atoms with van der Waals surface area (Å²) >= 11 is 0. The fourth-order valence-corrected chi connectivity index (χ4v) is 2.48. The molecular weight excluding hydrogens is 356 g/mol. The van der Waals surface area contributed by atoms with Crippen LogP contribution >= 0.6 is 0 Å². The highest BCUT2D eigenvalue weighted by Gasteiger charge is 2.24. The van der Waals surface area contributed by atoms with Gasteiger partial charge in [-0.15, -0.1) is 0 Å². The van der Waals surface area contributed by atoms with Crippen LogP contribution in [0.1, 0.15) is 6.92 Å². The first-order chi connectivity index (χ1) is 10.3. The van der Waals surface area contributed by atoms with Gasteiger partial charge in [-0.1, -0.05) is 0 Å². The zero-order valence-electron chi connectivity index (χ0n) is 11.3. The van der Waals surface area contributed by atoms with Crippen LogP contribution in [-0.2, 0) is 29.8 Å². The number of rotatable bonds is 6. The van der Waals surface area contributed by atoms with Crippen LogP contribution in [-0.4, -0.2) is 48.8 Å². The number of hydrogen-bond donors (Lipinski definition) is 3. The fourth-order valence-electron chi connectivity index (χ4n) is 1.38. The van der Waals surface area contributed by atoms with Crippen molar-refractivity contribution in [1.82, 2.24) is 0 Å². The van der Waals surface area contributed by atoms with E-state index in [1.165, 1.54) is 0 Å². The molecule has 0 aliphatic heterocycles. The molecule has 0 bridgehead atoms. The van der Waals surface area contributed by atoms with Crippen LogP contribution in [0.4, 0.5) is 5.69 Å². The van der Waals surface area contributed by atoms with Gasteiger partial charge in [-0.05, 0) is 25.1 Å². The second-order valence-electron chi connectivity index (χ2n) is 4.15. The molecular formula is C10H10N2O9S2. The Balaban J connectivity index is 3.53. The van der Waals surface area contributed by atoms with Crippen molar-refractivity contribution < 1.29 is 40.6 Å². The van der Waals surface area contributed by atoms with Crippen LogP contribution < -0.4 is 0 Å². The Morgan fingerprint density at radius 2 is 1.65 bits per heavy atom. The molecule has 1 rings (SSSR count). The third-order valence-corrected chi connectivity index (χ3v) is 4.16. The molecule has 0 aliphatic carbocycles. The molecule has 3 N–H and O–H groups in total. The van der Waals surface area contributed by atoms with Crippen molar-refractivity contribution in [3.05, 3.63) is 18.2 Å². The lowest BCUT2D eigenvalue weighted by Gasteiger charge is -2.05. The number of ketones is 1. The van der Waals surface area contributed by atoms with E-state index in [4.69, 9.17) is 14.2 Å². The number of aliphatic carboxylic acids is 1. The first kappa shape index (κ1) is 18.8. The Morgan fingerprint density at radius 3 is 2.04 bits per heavy atom. The van der Waals surface area contributed by atoms with Gasteiger partial charge in [-0.2, -0.15) is 27.1 Å². The van der Waals surface area contributed by atoms with Crippen molar-refractivity contribution in [3.63, 3.8) is 0 Å². The number of hydrogen-bond acceptors (Lipinski definition) is 8. The van der Waals surface area contributed by atoms with Gasteiger partial charge < -0.3 is 5.11 Å². The molecule has 0 saturated carbocycles. The van der Waals surface area contributed by atoms with Crippen molar-refractivity contribution in [2.45, 2.75) is 22.8 Å². The van der Waals surface area contributed by atoms with Crippen LogP contribution in [0.2, 0.25) is 0 Å². The van der Waals surface area contributed by atoms with Gasteiger partial charge in [0.15, 0.2) is 5.78 Å². The average Bonchev–Trinajstić information content (AvgIpc) is 2.35. The van der Waals surface area contributed by atoms with E-state index in [0.717, 1.165) is 6.92 Å². The van der Waals surface area contributed by atoms with Crippen LogP contribution in [0, 0.1) is 0 Å². The monoisotopic (exact) mass is 366 g/mol. The second kappa shape index (κ2) is 6.49. The average molecular weight is 366 g/mol. The Morgan fingerprint density at radius 1 is 1.09 bits per heavy atom. The Hall–Kier alpha value is -2.22. The molecule has 0 aliphatic rings. The fraction of sp³-hybridized carbons (Fsp3) is 0.200. The summed E-state index contributed by atoms with van der Waals surface area (Å²) in [6.45, 7) is 0.899. The highest BCUT2D eigenvalue weighted by atomic mass is 32.2. The summed E-state index contributed by atoms with van der Waals surface area (Å²) in [5.74, 6) is -2.58. The number of carbonyl (C=O) groups excluding carboxylic acids is 1. The van der Waals surface area contributed by atoms with Crippen molar-refractivity contribution in [2.75, 3.05) is 0 Å². The number of nitrogens with zero attached hydrogens (tertiary/aromatic N) is 2. The standard InChI is InChI=1S/C10H10N2O9S2/c1-5(13)9(10(14)15)12-11-7-4-6(22(16,17)18)2-3-8(7)23(19,20)21/h2-4,9H,1H3,(H,14,15)(H,16,17,18)(H,19,20,21). The highest BCUT2D eigenvalue weighted by molar-refractivity contribution is 7.86. The first-order valence-electron chi connectivity index (χ1n) is 5.57. The molecule has 0 fully saturated rings. The molecule has 0 saturated heterocycles. The lowest BCUT2D eigenvalue weighted by atomic mass is 10.2. The summed E-state index contributed by atoms with van der Waals surface area (Å²) in [5, 5.41) is 15.1. The van der Waals surface area contributed by atoms with E-state index in [1.54, 1.807) is 0 Å². The maximum Gasteiger partial charge on any atom is 0.338 e. The molecule has 23 heavy (non-hydrogen) atoms. The largest absolute Gasteiger partial charge is 0.479 e. The van der Waals surface area contributed by atoms with Crippen LogP contribution in [0.15, 0.2) is 38.2 Å². The summed E-state index contributed by atoms with van der Waals surface area (Å²) in [6.07, 6.45) is 0. The SMILES string of the molecule is CC(=O)C(N=Nc1cc(S(=O)(=O)O)ccc1S(=O)(=O)O)C(=O)O. The third-order valence-electron chi connectivity index (χ3n) is 2.41. The van der Waals surface area contributed by atoms with Gasteiger partial charge in [-0.25, -0.2) is 4.79 Å². The summed E-state index contributed by atoms with van der Waals surface area (Å²) < 4.78 is 62.3. The molecule has 1 aromatic rings. The molecule has 1 atom stereocenters. The molecule has 126 valence electrons. The van der Waals surface area contributed by atoms with Crippen LogP contribution in [0.25, 0.3) is 0 Å². The molecule has 1 aromatic carbocycles. The van der Waals surface area contributed by atoms with Crippen LogP contribution in [0.5, 0.6) is 0 Å². The summed E-state index contributed by atoms with van der Waals surface area (Å²) in [4.78, 5) is 20.2. The Kier molecular flexibility index (Phi) is 5.31. The number of benzene rings is 1. The van der Waals surface area contributed by atoms with Crippen molar-refractivity contribution in [3.8, 4) is 0 Å². The molecule has 0 heterocycles. The molecule has 13 heteroatoms. The summed E-state index contributed by atoms with van der Waals surface area (Å²) in [5.41, 5.74) is -0.768. The number of carboxylic acids is 1. The zero-order valence-corrected chi connectivity index (χ0v) is 12.9. The van der Waals surface area contributed by atoms with E-state index in [-0.39, 0.29) is 0 Å². The predicted molar refractivity (Wildman–Crippen MR) is 72.7 cm³/mol. The third kappa shape index (κ3) is 4.88. The molecule has 0 radical (unpaired) electrons. The number of carbonyl (C=O) groups is 2. The minimum atomic E-state index is -4.85. The van der Waals surface area contributed by atoms with E-state index in [9.17, 15) is 26.4 Å². The molecule has 0 spiro atoms. The maximum absolute atomic E-state index is 11.2.